The first-order chi connectivity index (χ1) is 12.3. The lowest BCUT2D eigenvalue weighted by atomic mass is 10.1. The van der Waals surface area contributed by atoms with E-state index in [-0.39, 0.29) is 18.4 Å². The van der Waals surface area contributed by atoms with Gasteiger partial charge in [0.05, 0.1) is 24.5 Å². The fourth-order valence-corrected chi connectivity index (χ4v) is 3.71. The zero-order valence-corrected chi connectivity index (χ0v) is 15.2. The number of benzene rings is 2. The fraction of sp³-hybridized carbons (Fsp3) is 0.278. The van der Waals surface area contributed by atoms with E-state index in [0.29, 0.717) is 11.4 Å². The highest BCUT2D eigenvalue weighted by molar-refractivity contribution is 7.92. The predicted octanol–water partition coefficient (Wildman–Crippen LogP) is 2.23. The molecule has 0 bridgehead atoms. The van der Waals surface area contributed by atoms with Crippen LogP contribution in [0.4, 0.5) is 10.1 Å². The van der Waals surface area contributed by atoms with Crippen molar-refractivity contribution in [1.82, 2.24) is 5.32 Å². The van der Waals surface area contributed by atoms with E-state index < -0.39 is 22.0 Å². The Morgan fingerprint density at radius 2 is 1.88 bits per heavy atom. The van der Waals surface area contributed by atoms with Crippen molar-refractivity contribution < 1.29 is 22.3 Å². The highest BCUT2D eigenvalue weighted by atomic mass is 32.2. The Balaban J connectivity index is 1.79. The van der Waals surface area contributed by atoms with Crippen LogP contribution in [0.3, 0.4) is 0 Å². The highest BCUT2D eigenvalue weighted by Gasteiger charge is 2.35. The third kappa shape index (κ3) is 3.80. The van der Waals surface area contributed by atoms with Gasteiger partial charge in [0.25, 0.3) is 5.91 Å². The summed E-state index contributed by atoms with van der Waals surface area (Å²) >= 11 is 0. The zero-order valence-electron chi connectivity index (χ0n) is 14.3. The Bertz CT molecular complexity index is 915. The van der Waals surface area contributed by atoms with E-state index in [1.165, 1.54) is 16.4 Å². The van der Waals surface area contributed by atoms with Crippen LogP contribution in [-0.4, -0.2) is 33.2 Å². The summed E-state index contributed by atoms with van der Waals surface area (Å²) in [4.78, 5) is 12.6. The molecule has 0 saturated heterocycles. The third-order valence-corrected chi connectivity index (χ3v) is 5.30. The Hall–Kier alpha value is -2.61. The van der Waals surface area contributed by atoms with Crippen LogP contribution in [0.2, 0.25) is 0 Å². The van der Waals surface area contributed by atoms with Crippen molar-refractivity contribution in [3.8, 4) is 5.75 Å². The first-order valence-corrected chi connectivity index (χ1v) is 9.90. The number of hydrogen-bond donors (Lipinski definition) is 1. The molecule has 1 aliphatic heterocycles. The summed E-state index contributed by atoms with van der Waals surface area (Å²) in [5, 5.41) is 2.78. The molecule has 1 N–H and O–H groups in total. The maximum absolute atomic E-state index is 13.0. The van der Waals surface area contributed by atoms with Crippen LogP contribution in [0.5, 0.6) is 5.75 Å². The van der Waals surface area contributed by atoms with Gasteiger partial charge in [-0.3, -0.25) is 9.10 Å². The van der Waals surface area contributed by atoms with Crippen LogP contribution in [0.15, 0.2) is 48.5 Å². The van der Waals surface area contributed by atoms with Crippen molar-refractivity contribution >= 4 is 21.6 Å². The van der Waals surface area contributed by atoms with Crippen LogP contribution < -0.4 is 14.4 Å². The van der Waals surface area contributed by atoms with Crippen LogP contribution >= 0.6 is 0 Å². The summed E-state index contributed by atoms with van der Waals surface area (Å²) in [5.74, 6) is -0.466. The number of anilines is 1. The number of para-hydroxylation sites is 2. The van der Waals surface area contributed by atoms with Crippen LogP contribution in [0.1, 0.15) is 18.5 Å². The Kier molecular flexibility index (Phi) is 4.86. The van der Waals surface area contributed by atoms with E-state index in [9.17, 15) is 17.6 Å². The van der Waals surface area contributed by atoms with Crippen molar-refractivity contribution in [2.45, 2.75) is 19.1 Å². The summed E-state index contributed by atoms with van der Waals surface area (Å²) < 4.78 is 44.1. The van der Waals surface area contributed by atoms with Gasteiger partial charge in [0, 0.05) is 0 Å². The normalized spacial score (nSPS) is 17.8. The molecule has 2 aromatic carbocycles. The average molecular weight is 378 g/mol. The summed E-state index contributed by atoms with van der Waals surface area (Å²) in [5.41, 5.74) is 1.14. The second kappa shape index (κ2) is 6.95. The maximum Gasteiger partial charge on any atom is 0.263 e. The number of fused-ring (bicyclic) bond motifs is 1. The molecule has 0 unspecified atom stereocenters. The number of rotatable bonds is 4. The third-order valence-electron chi connectivity index (χ3n) is 4.16. The van der Waals surface area contributed by atoms with Gasteiger partial charge in [-0.2, -0.15) is 0 Å². The summed E-state index contributed by atoms with van der Waals surface area (Å²) in [7, 11) is -3.56. The van der Waals surface area contributed by atoms with E-state index in [0.717, 1.165) is 11.8 Å². The number of nitrogens with one attached hydrogen (secondary N) is 1. The second-order valence-corrected chi connectivity index (χ2v) is 8.06. The molecular weight excluding hydrogens is 359 g/mol. The fourth-order valence-electron chi connectivity index (χ4n) is 2.79. The Morgan fingerprint density at radius 3 is 2.54 bits per heavy atom. The van der Waals surface area contributed by atoms with Crippen molar-refractivity contribution in [2.24, 2.45) is 0 Å². The number of ether oxygens (including phenoxy) is 1. The summed E-state index contributed by atoms with van der Waals surface area (Å²) in [6.07, 6.45) is 0.105. The minimum absolute atomic E-state index is 0.113. The van der Waals surface area contributed by atoms with Gasteiger partial charge in [-0.1, -0.05) is 24.3 Å². The summed E-state index contributed by atoms with van der Waals surface area (Å²) in [6, 6.07) is 12.1. The Morgan fingerprint density at radius 1 is 1.23 bits per heavy atom. The molecule has 8 heteroatoms. The van der Waals surface area contributed by atoms with Crippen molar-refractivity contribution in [2.75, 3.05) is 17.1 Å². The molecule has 6 nitrogen and oxygen atoms in total. The molecule has 0 aromatic heterocycles. The number of amides is 1. The quantitative estimate of drug-likeness (QED) is 0.885. The van der Waals surface area contributed by atoms with Gasteiger partial charge in [0.1, 0.15) is 11.6 Å². The van der Waals surface area contributed by atoms with E-state index in [4.69, 9.17) is 4.74 Å². The van der Waals surface area contributed by atoms with E-state index in [1.54, 1.807) is 43.3 Å². The molecule has 2 aromatic rings. The first kappa shape index (κ1) is 18.2. The first-order valence-electron chi connectivity index (χ1n) is 8.05. The van der Waals surface area contributed by atoms with Gasteiger partial charge >= 0.3 is 0 Å². The van der Waals surface area contributed by atoms with E-state index in [1.807, 2.05) is 0 Å². The van der Waals surface area contributed by atoms with Crippen molar-refractivity contribution in [1.29, 1.82) is 0 Å². The molecule has 1 amide bonds. The lowest BCUT2D eigenvalue weighted by Crippen LogP contribution is -2.50. The number of carbonyl (C=O) groups is 1. The molecule has 3 rings (SSSR count). The molecule has 0 saturated carbocycles. The van der Waals surface area contributed by atoms with Gasteiger partial charge in [0.2, 0.25) is 10.0 Å². The lowest BCUT2D eigenvalue weighted by molar-refractivity contribution is -0.128. The van der Waals surface area contributed by atoms with Crippen LogP contribution in [0.25, 0.3) is 0 Å². The van der Waals surface area contributed by atoms with Crippen LogP contribution in [-0.2, 0) is 14.8 Å². The lowest BCUT2D eigenvalue weighted by Gasteiger charge is -2.34. The van der Waals surface area contributed by atoms with Crippen molar-refractivity contribution in [3.63, 3.8) is 0 Å². The molecule has 2 atom stereocenters. The monoisotopic (exact) mass is 378 g/mol. The van der Waals surface area contributed by atoms with E-state index in [2.05, 4.69) is 5.32 Å². The number of sulfonamides is 1. The smallest absolute Gasteiger partial charge is 0.263 e. The van der Waals surface area contributed by atoms with E-state index >= 15 is 0 Å². The van der Waals surface area contributed by atoms with Gasteiger partial charge in [0.15, 0.2) is 6.10 Å². The second-order valence-electron chi connectivity index (χ2n) is 6.15. The Labute approximate surface area is 151 Å². The topological polar surface area (TPSA) is 75.7 Å². The molecule has 0 radical (unpaired) electrons. The summed E-state index contributed by atoms with van der Waals surface area (Å²) in [6.45, 7) is 1.65. The molecule has 1 aliphatic rings. The molecule has 1 heterocycles. The molecule has 0 fully saturated rings. The molecule has 138 valence electrons. The number of carbonyl (C=O) groups excluding carboxylic acids is 1. The van der Waals surface area contributed by atoms with Crippen molar-refractivity contribution in [3.05, 3.63) is 59.9 Å². The molecular formula is C18H19FN2O4S. The average Bonchev–Trinajstić information content (AvgIpc) is 2.60. The van der Waals surface area contributed by atoms with Crippen LogP contribution in [0, 0.1) is 5.82 Å². The van der Waals surface area contributed by atoms with Gasteiger partial charge in [-0.25, -0.2) is 12.8 Å². The zero-order chi connectivity index (χ0) is 18.9. The standard InChI is InChI=1S/C18H19FN2O4S/c1-12(13-7-9-14(19)10-8-13)20-18(22)17-11-21(26(2,23)24)15-5-3-4-6-16(15)25-17/h3-10,12,17H,11H2,1-2H3,(H,20,22)/t12-,17+/m1/s1. The largest absolute Gasteiger partial charge is 0.476 e. The SMILES string of the molecule is C[C@@H](NC(=O)[C@@H]1CN(S(C)(=O)=O)c2ccccc2O1)c1ccc(F)cc1. The molecule has 0 spiro atoms. The molecule has 0 aliphatic carbocycles. The highest BCUT2D eigenvalue weighted by Crippen LogP contribution is 2.34. The number of hydrogen-bond acceptors (Lipinski definition) is 4. The van der Waals surface area contributed by atoms with Gasteiger partial charge < -0.3 is 10.1 Å². The minimum Gasteiger partial charge on any atom is -0.476 e. The minimum atomic E-state index is -3.56. The number of halogens is 1. The molecule has 26 heavy (non-hydrogen) atoms. The number of nitrogens with zero attached hydrogens (tertiary/aromatic N) is 1. The van der Waals surface area contributed by atoms with Gasteiger partial charge in [-0.15, -0.1) is 0 Å². The predicted molar refractivity (Wildman–Crippen MR) is 96.0 cm³/mol. The maximum atomic E-state index is 13.0. The van der Waals surface area contributed by atoms with Gasteiger partial charge in [-0.05, 0) is 36.8 Å².